The van der Waals surface area contributed by atoms with E-state index in [9.17, 15) is 4.79 Å². The van der Waals surface area contributed by atoms with Crippen molar-refractivity contribution in [1.29, 1.82) is 0 Å². The number of anilines is 2. The Morgan fingerprint density at radius 3 is 2.37 bits per heavy atom. The van der Waals surface area contributed by atoms with E-state index < -0.39 is 0 Å². The molecule has 1 aromatic carbocycles. The highest BCUT2D eigenvalue weighted by atomic mass is 16.2. The van der Waals surface area contributed by atoms with E-state index in [4.69, 9.17) is 0 Å². The summed E-state index contributed by atoms with van der Waals surface area (Å²) in [5, 5.41) is 3.33. The Morgan fingerprint density at radius 2 is 1.78 bits per heavy atom. The summed E-state index contributed by atoms with van der Waals surface area (Å²) >= 11 is 0. The van der Waals surface area contributed by atoms with Crippen molar-refractivity contribution in [2.45, 2.75) is 33.1 Å². The van der Waals surface area contributed by atoms with Crippen LogP contribution in [-0.4, -0.2) is 58.4 Å². The molecule has 2 aromatic rings. The summed E-state index contributed by atoms with van der Waals surface area (Å²) in [4.78, 5) is 25.6. The van der Waals surface area contributed by atoms with Gasteiger partial charge in [0.1, 0.15) is 11.5 Å². The number of carbonyl (C=O) groups is 1. The number of nitrogens with zero attached hydrogens (tertiary/aromatic N) is 4. The zero-order chi connectivity index (χ0) is 19.4. The van der Waals surface area contributed by atoms with Gasteiger partial charge in [0, 0.05) is 31.9 Å². The molecule has 0 aliphatic carbocycles. The second-order valence-electron chi connectivity index (χ2n) is 7.93. The van der Waals surface area contributed by atoms with Crippen LogP contribution in [-0.2, 0) is 5.41 Å². The highest BCUT2D eigenvalue weighted by Crippen LogP contribution is 2.30. The number of hydrogen-bond acceptors (Lipinski definition) is 5. The first-order chi connectivity index (χ1) is 12.9. The molecule has 6 heteroatoms. The van der Waals surface area contributed by atoms with Crippen molar-refractivity contribution in [3.8, 4) is 0 Å². The summed E-state index contributed by atoms with van der Waals surface area (Å²) in [7, 11) is 0. The van der Waals surface area contributed by atoms with Gasteiger partial charge < -0.3 is 15.1 Å². The molecule has 27 heavy (non-hydrogen) atoms. The molecule has 2 heterocycles. The Bertz CT molecular complexity index is 774. The molecule has 1 amide bonds. The average Bonchev–Trinajstić information content (AvgIpc) is 2.68. The number of amides is 1. The molecule has 0 unspecified atom stereocenters. The number of hydrogen-bond donors (Lipinski definition) is 1. The summed E-state index contributed by atoms with van der Waals surface area (Å²) in [6, 6.07) is 8.19. The number of carbonyl (C=O) groups excluding carboxylic acids is 1. The summed E-state index contributed by atoms with van der Waals surface area (Å²) in [5.41, 5.74) is 2.64. The van der Waals surface area contributed by atoms with Gasteiger partial charge >= 0.3 is 0 Å². The predicted molar refractivity (Wildman–Crippen MR) is 108 cm³/mol. The van der Waals surface area contributed by atoms with E-state index in [1.807, 2.05) is 23.1 Å². The number of para-hydroxylation sites is 1. The molecule has 1 N–H and O–H groups in total. The maximum absolute atomic E-state index is 12.6. The quantitative estimate of drug-likeness (QED) is 0.898. The van der Waals surface area contributed by atoms with Crippen molar-refractivity contribution in [3.05, 3.63) is 47.9 Å². The number of rotatable bonds is 4. The van der Waals surface area contributed by atoms with Gasteiger partial charge in [-0.1, -0.05) is 45.9 Å². The zero-order valence-electron chi connectivity index (χ0n) is 16.7. The van der Waals surface area contributed by atoms with Crippen molar-refractivity contribution >= 4 is 17.4 Å². The largest absolute Gasteiger partial charge is 0.339 e. The van der Waals surface area contributed by atoms with E-state index in [0.29, 0.717) is 11.5 Å². The van der Waals surface area contributed by atoms with Crippen LogP contribution in [0, 0.1) is 0 Å². The number of benzene rings is 1. The second kappa shape index (κ2) is 8.05. The fourth-order valence-corrected chi connectivity index (χ4v) is 3.32. The lowest BCUT2D eigenvalue weighted by Crippen LogP contribution is -2.48. The topological polar surface area (TPSA) is 61.4 Å². The third-order valence-corrected chi connectivity index (χ3v) is 4.98. The lowest BCUT2D eigenvalue weighted by Gasteiger charge is -2.33. The Morgan fingerprint density at radius 1 is 1.07 bits per heavy atom. The molecule has 0 atom stereocenters. The Kier molecular flexibility index (Phi) is 5.75. The summed E-state index contributed by atoms with van der Waals surface area (Å²) in [5.74, 6) is 0.596. The van der Waals surface area contributed by atoms with Crippen LogP contribution in [0.25, 0.3) is 0 Å². The average molecular weight is 367 g/mol. The number of likely N-dealkylation sites (N-methyl/N-ethyl adjacent to an activating group) is 1. The number of nitrogens with one attached hydrogen (secondary N) is 1. The van der Waals surface area contributed by atoms with Gasteiger partial charge in [-0.2, -0.15) is 0 Å². The normalized spacial score (nSPS) is 15.6. The molecule has 0 saturated carbocycles. The molecule has 1 fully saturated rings. The maximum atomic E-state index is 12.6. The Hall–Kier alpha value is -2.47. The number of aromatic nitrogens is 2. The minimum atomic E-state index is -0.0418. The Labute approximate surface area is 161 Å². The highest BCUT2D eigenvalue weighted by molar-refractivity contribution is 5.92. The third-order valence-electron chi connectivity index (χ3n) is 4.98. The molecular formula is C21H29N5O. The van der Waals surface area contributed by atoms with Crippen LogP contribution in [0.1, 0.15) is 43.7 Å². The molecule has 3 rings (SSSR count). The molecule has 144 valence electrons. The molecule has 1 aromatic heterocycles. The third kappa shape index (κ3) is 4.63. The van der Waals surface area contributed by atoms with Crippen molar-refractivity contribution in [2.75, 3.05) is 38.0 Å². The van der Waals surface area contributed by atoms with Crippen LogP contribution >= 0.6 is 0 Å². The van der Waals surface area contributed by atoms with E-state index >= 15 is 0 Å². The van der Waals surface area contributed by atoms with Gasteiger partial charge in [-0.05, 0) is 23.6 Å². The van der Waals surface area contributed by atoms with Gasteiger partial charge in [-0.3, -0.25) is 4.79 Å². The SMILES string of the molecule is CCN1CCN(C(=O)c2cnc(Nc3ccccc3C(C)(C)C)cn2)CC1. The summed E-state index contributed by atoms with van der Waals surface area (Å²) < 4.78 is 0. The predicted octanol–water partition coefficient (Wildman–Crippen LogP) is 3.30. The minimum absolute atomic E-state index is 0.0214. The molecule has 6 nitrogen and oxygen atoms in total. The fourth-order valence-electron chi connectivity index (χ4n) is 3.32. The van der Waals surface area contributed by atoms with Gasteiger partial charge in [-0.25, -0.2) is 9.97 Å². The van der Waals surface area contributed by atoms with Crippen LogP contribution in [0.15, 0.2) is 36.7 Å². The smallest absolute Gasteiger partial charge is 0.274 e. The monoisotopic (exact) mass is 367 g/mol. The molecule has 0 spiro atoms. The minimum Gasteiger partial charge on any atom is -0.339 e. The van der Waals surface area contributed by atoms with Gasteiger partial charge in [0.2, 0.25) is 0 Å². The van der Waals surface area contributed by atoms with Crippen molar-refractivity contribution < 1.29 is 4.79 Å². The van der Waals surface area contributed by atoms with Crippen LogP contribution in [0.3, 0.4) is 0 Å². The lowest BCUT2D eigenvalue weighted by molar-refractivity contribution is 0.0637. The first kappa shape index (κ1) is 19.3. The van der Waals surface area contributed by atoms with Crippen LogP contribution in [0.4, 0.5) is 11.5 Å². The second-order valence-corrected chi connectivity index (χ2v) is 7.93. The Balaban J connectivity index is 1.69. The first-order valence-corrected chi connectivity index (χ1v) is 9.58. The van der Waals surface area contributed by atoms with Crippen molar-refractivity contribution in [1.82, 2.24) is 19.8 Å². The fraction of sp³-hybridized carbons (Fsp3) is 0.476. The van der Waals surface area contributed by atoms with E-state index in [-0.39, 0.29) is 11.3 Å². The zero-order valence-corrected chi connectivity index (χ0v) is 16.7. The van der Waals surface area contributed by atoms with Crippen LogP contribution in [0.2, 0.25) is 0 Å². The van der Waals surface area contributed by atoms with E-state index in [1.165, 1.54) is 5.56 Å². The van der Waals surface area contributed by atoms with Crippen LogP contribution < -0.4 is 5.32 Å². The van der Waals surface area contributed by atoms with Crippen molar-refractivity contribution in [2.24, 2.45) is 0 Å². The standard InChI is InChI=1S/C21H29N5O/c1-5-25-10-12-26(13-11-25)20(27)18-14-23-19(15-22-18)24-17-9-7-6-8-16(17)21(2,3)4/h6-9,14-15H,5,10-13H2,1-4H3,(H,23,24). The maximum Gasteiger partial charge on any atom is 0.274 e. The molecular weight excluding hydrogens is 338 g/mol. The van der Waals surface area contributed by atoms with Crippen LogP contribution in [0.5, 0.6) is 0 Å². The molecule has 0 radical (unpaired) electrons. The van der Waals surface area contributed by atoms with E-state index in [1.54, 1.807) is 12.4 Å². The van der Waals surface area contributed by atoms with Gasteiger partial charge in [0.05, 0.1) is 12.4 Å². The first-order valence-electron chi connectivity index (χ1n) is 9.58. The molecule has 1 aliphatic heterocycles. The van der Waals surface area contributed by atoms with Gasteiger partial charge in [0.25, 0.3) is 5.91 Å². The van der Waals surface area contributed by atoms with Gasteiger partial charge in [0.15, 0.2) is 0 Å². The van der Waals surface area contributed by atoms with Crippen molar-refractivity contribution in [3.63, 3.8) is 0 Å². The lowest BCUT2D eigenvalue weighted by atomic mass is 9.86. The molecule has 0 bridgehead atoms. The number of piperazine rings is 1. The highest BCUT2D eigenvalue weighted by Gasteiger charge is 2.22. The summed E-state index contributed by atoms with van der Waals surface area (Å²) in [6.45, 7) is 13.0. The van der Waals surface area contributed by atoms with E-state index in [0.717, 1.165) is 38.4 Å². The molecule has 1 saturated heterocycles. The molecule has 1 aliphatic rings. The van der Waals surface area contributed by atoms with E-state index in [2.05, 4.69) is 53.9 Å². The summed E-state index contributed by atoms with van der Waals surface area (Å²) in [6.07, 6.45) is 3.20. The van der Waals surface area contributed by atoms with Gasteiger partial charge in [-0.15, -0.1) is 0 Å².